The summed E-state index contributed by atoms with van der Waals surface area (Å²) < 4.78 is 0. The van der Waals surface area contributed by atoms with E-state index in [0.29, 0.717) is 6.54 Å². The summed E-state index contributed by atoms with van der Waals surface area (Å²) in [6.45, 7) is 5.14. The summed E-state index contributed by atoms with van der Waals surface area (Å²) in [5.41, 5.74) is -0.0858. The summed E-state index contributed by atoms with van der Waals surface area (Å²) in [6, 6.07) is 6.04. The second-order valence-corrected chi connectivity index (χ2v) is 3.94. The molecule has 0 aliphatic carbocycles. The Morgan fingerprint density at radius 1 is 1.42 bits per heavy atom. The average Bonchev–Trinajstić information content (AvgIpc) is 2.36. The first kappa shape index (κ1) is 17.3. The molecule has 0 spiro atoms. The van der Waals surface area contributed by atoms with Gasteiger partial charge in [0.2, 0.25) is 0 Å². The molecular weight excluding hydrogens is 270 g/mol. The first-order valence-corrected chi connectivity index (χ1v) is 5.81. The minimum absolute atomic E-state index is 0. The molecule has 0 saturated heterocycles. The number of hydrogen-bond donors (Lipinski definition) is 2. The maximum Gasteiger partial charge on any atom is 0.282 e. The summed E-state index contributed by atoms with van der Waals surface area (Å²) in [5.74, 6) is -0.424. The van der Waals surface area contributed by atoms with Crippen LogP contribution in [0.3, 0.4) is 0 Å². The molecule has 1 aromatic rings. The Morgan fingerprint density at radius 2 is 2.05 bits per heavy atom. The largest absolute Gasteiger partial charge is 0.350 e. The van der Waals surface area contributed by atoms with Gasteiger partial charge in [-0.25, -0.2) is 0 Å². The fourth-order valence-corrected chi connectivity index (χ4v) is 1.59. The lowest BCUT2D eigenvalue weighted by Gasteiger charge is -2.13. The van der Waals surface area contributed by atoms with E-state index >= 15 is 0 Å². The molecule has 106 valence electrons. The van der Waals surface area contributed by atoms with Crippen molar-refractivity contribution in [1.29, 1.82) is 0 Å². The lowest BCUT2D eigenvalue weighted by atomic mass is 10.1. The van der Waals surface area contributed by atoms with Gasteiger partial charge < -0.3 is 10.6 Å². The number of amides is 1. The number of nitro groups is 1. The van der Waals surface area contributed by atoms with Gasteiger partial charge in [0.05, 0.1) is 4.92 Å². The van der Waals surface area contributed by atoms with Crippen LogP contribution >= 0.6 is 12.4 Å². The molecular formula is C12H18ClN3O3. The lowest BCUT2D eigenvalue weighted by Crippen LogP contribution is -2.38. The second kappa shape index (κ2) is 8.44. The van der Waals surface area contributed by atoms with Crippen molar-refractivity contribution in [3.05, 3.63) is 39.9 Å². The number of carbonyl (C=O) groups excluding carboxylic acids is 1. The monoisotopic (exact) mass is 287 g/mol. The Bertz CT molecular complexity index is 440. The van der Waals surface area contributed by atoms with Gasteiger partial charge in [0.15, 0.2) is 0 Å². The highest BCUT2D eigenvalue weighted by Gasteiger charge is 2.18. The molecule has 0 saturated carbocycles. The molecule has 0 aromatic heterocycles. The zero-order valence-electron chi connectivity index (χ0n) is 10.9. The first-order valence-electron chi connectivity index (χ1n) is 5.81. The van der Waals surface area contributed by atoms with Crippen LogP contribution in [0.5, 0.6) is 0 Å². The molecule has 0 bridgehead atoms. The molecule has 0 radical (unpaired) electrons. The molecule has 1 amide bonds. The molecule has 1 aromatic carbocycles. The lowest BCUT2D eigenvalue weighted by molar-refractivity contribution is -0.385. The van der Waals surface area contributed by atoms with Crippen molar-refractivity contribution >= 4 is 24.0 Å². The van der Waals surface area contributed by atoms with Crippen LogP contribution in [-0.4, -0.2) is 30.0 Å². The highest BCUT2D eigenvalue weighted by Crippen LogP contribution is 2.17. The van der Waals surface area contributed by atoms with E-state index in [9.17, 15) is 14.9 Å². The number of nitro benzene ring substituents is 1. The molecule has 7 heteroatoms. The first-order chi connectivity index (χ1) is 8.56. The third-order valence-corrected chi connectivity index (χ3v) is 2.47. The minimum atomic E-state index is -0.553. The van der Waals surface area contributed by atoms with E-state index in [1.165, 1.54) is 18.2 Å². The fourth-order valence-electron chi connectivity index (χ4n) is 1.59. The molecule has 2 N–H and O–H groups in total. The van der Waals surface area contributed by atoms with Crippen LogP contribution < -0.4 is 10.6 Å². The van der Waals surface area contributed by atoms with Crippen LogP contribution in [0.1, 0.15) is 24.2 Å². The third kappa shape index (κ3) is 5.23. The SMILES string of the molecule is CCN[C@H](C)CNC(=O)c1ccccc1[N+](=O)[O-].Cl. The molecule has 0 aliphatic heterocycles. The molecule has 0 unspecified atom stereocenters. The van der Waals surface area contributed by atoms with Crippen molar-refractivity contribution in [2.75, 3.05) is 13.1 Å². The summed E-state index contributed by atoms with van der Waals surface area (Å²) in [6.07, 6.45) is 0. The third-order valence-electron chi connectivity index (χ3n) is 2.47. The van der Waals surface area contributed by atoms with Gasteiger partial charge in [-0.2, -0.15) is 0 Å². The van der Waals surface area contributed by atoms with Crippen LogP contribution in [0.2, 0.25) is 0 Å². The summed E-state index contributed by atoms with van der Waals surface area (Å²) in [5, 5.41) is 16.6. The predicted molar refractivity (Wildman–Crippen MR) is 75.8 cm³/mol. The number of halogens is 1. The standard InChI is InChI=1S/C12H17N3O3.ClH/c1-3-13-9(2)8-14-12(16)10-6-4-5-7-11(10)15(17)18;/h4-7,9,13H,3,8H2,1-2H3,(H,14,16);1H/t9-;/m1./s1. The molecule has 19 heavy (non-hydrogen) atoms. The summed E-state index contributed by atoms with van der Waals surface area (Å²) in [7, 11) is 0. The normalized spacial score (nSPS) is 11.3. The van der Waals surface area contributed by atoms with Gasteiger partial charge in [0.25, 0.3) is 11.6 Å². The molecule has 1 atom stereocenters. The van der Waals surface area contributed by atoms with Crippen LogP contribution in [0, 0.1) is 10.1 Å². The van der Waals surface area contributed by atoms with E-state index in [-0.39, 0.29) is 29.7 Å². The number of nitrogens with one attached hydrogen (secondary N) is 2. The van der Waals surface area contributed by atoms with Crippen molar-refractivity contribution in [2.24, 2.45) is 0 Å². The smallest absolute Gasteiger partial charge is 0.282 e. The van der Waals surface area contributed by atoms with Crippen LogP contribution in [0.15, 0.2) is 24.3 Å². The zero-order valence-corrected chi connectivity index (χ0v) is 11.7. The van der Waals surface area contributed by atoms with Gasteiger partial charge in [-0.3, -0.25) is 14.9 Å². The Balaban J connectivity index is 0.00000324. The highest BCUT2D eigenvalue weighted by molar-refractivity contribution is 5.98. The topological polar surface area (TPSA) is 84.3 Å². The van der Waals surface area contributed by atoms with Gasteiger partial charge in [0.1, 0.15) is 5.56 Å². The van der Waals surface area contributed by atoms with E-state index in [1.807, 2.05) is 13.8 Å². The predicted octanol–water partition coefficient (Wildman–Crippen LogP) is 1.74. The maximum absolute atomic E-state index is 11.8. The van der Waals surface area contributed by atoms with Gasteiger partial charge in [-0.05, 0) is 19.5 Å². The fraction of sp³-hybridized carbons (Fsp3) is 0.417. The van der Waals surface area contributed by atoms with Gasteiger partial charge in [0, 0.05) is 18.7 Å². The Morgan fingerprint density at radius 3 is 2.63 bits per heavy atom. The zero-order chi connectivity index (χ0) is 13.5. The molecule has 0 aliphatic rings. The number of likely N-dealkylation sites (N-methyl/N-ethyl adjacent to an activating group) is 1. The number of nitrogens with zero attached hydrogens (tertiary/aromatic N) is 1. The Hall–Kier alpha value is -1.66. The number of hydrogen-bond acceptors (Lipinski definition) is 4. The van der Waals surface area contributed by atoms with Crippen molar-refractivity contribution < 1.29 is 9.72 Å². The average molecular weight is 288 g/mol. The number of rotatable bonds is 6. The van der Waals surface area contributed by atoms with Gasteiger partial charge in [-0.1, -0.05) is 19.1 Å². The van der Waals surface area contributed by atoms with Gasteiger partial charge >= 0.3 is 0 Å². The van der Waals surface area contributed by atoms with E-state index in [2.05, 4.69) is 10.6 Å². The second-order valence-electron chi connectivity index (χ2n) is 3.94. The van der Waals surface area contributed by atoms with Crippen molar-refractivity contribution in [3.63, 3.8) is 0 Å². The molecule has 0 heterocycles. The van der Waals surface area contributed by atoms with Crippen LogP contribution in [0.4, 0.5) is 5.69 Å². The van der Waals surface area contributed by atoms with Gasteiger partial charge in [-0.15, -0.1) is 12.4 Å². The number of benzene rings is 1. The minimum Gasteiger partial charge on any atom is -0.350 e. The van der Waals surface area contributed by atoms with Crippen molar-refractivity contribution in [2.45, 2.75) is 19.9 Å². The maximum atomic E-state index is 11.8. The summed E-state index contributed by atoms with van der Waals surface area (Å²) >= 11 is 0. The van der Waals surface area contributed by atoms with E-state index < -0.39 is 10.8 Å². The van der Waals surface area contributed by atoms with Crippen molar-refractivity contribution in [3.8, 4) is 0 Å². The molecule has 6 nitrogen and oxygen atoms in total. The highest BCUT2D eigenvalue weighted by atomic mass is 35.5. The molecule has 0 fully saturated rings. The van der Waals surface area contributed by atoms with Crippen LogP contribution in [0.25, 0.3) is 0 Å². The Labute approximate surface area is 118 Å². The van der Waals surface area contributed by atoms with E-state index in [4.69, 9.17) is 0 Å². The number of para-hydroxylation sites is 1. The van der Waals surface area contributed by atoms with E-state index in [0.717, 1.165) is 6.54 Å². The Kier molecular flexibility index (Phi) is 7.71. The van der Waals surface area contributed by atoms with Crippen molar-refractivity contribution in [1.82, 2.24) is 10.6 Å². The van der Waals surface area contributed by atoms with Crippen LogP contribution in [-0.2, 0) is 0 Å². The van der Waals surface area contributed by atoms with E-state index in [1.54, 1.807) is 6.07 Å². The number of carbonyl (C=O) groups is 1. The summed E-state index contributed by atoms with van der Waals surface area (Å²) in [4.78, 5) is 22.1. The quantitative estimate of drug-likeness (QED) is 0.616. The molecule has 1 rings (SSSR count).